The predicted molar refractivity (Wildman–Crippen MR) is 91.7 cm³/mol. The molecule has 0 aliphatic rings. The quantitative estimate of drug-likeness (QED) is 0.410. The molecule has 12 nitrogen and oxygen atoms in total. The summed E-state index contributed by atoms with van der Waals surface area (Å²) >= 11 is 0. The summed E-state index contributed by atoms with van der Waals surface area (Å²) in [6, 6.07) is 4.06. The molecule has 0 saturated carbocycles. The first-order valence-corrected chi connectivity index (χ1v) is 7.21. The van der Waals surface area contributed by atoms with E-state index < -0.39 is 23.2 Å². The van der Waals surface area contributed by atoms with Crippen molar-refractivity contribution in [2.75, 3.05) is 32.3 Å². The minimum atomic E-state index is -0.713. The smallest absolute Gasteiger partial charge is 0.343 e. The first kappa shape index (κ1) is 19.2. The van der Waals surface area contributed by atoms with E-state index in [4.69, 9.17) is 20.9 Å². The van der Waals surface area contributed by atoms with Gasteiger partial charge in [0.2, 0.25) is 5.95 Å². The fraction of sp³-hybridized carbons (Fsp3) is 0.200. The van der Waals surface area contributed by atoms with Crippen LogP contribution in [0.3, 0.4) is 0 Å². The number of ether oxygens (including phenoxy) is 3. The van der Waals surface area contributed by atoms with Gasteiger partial charge in [-0.05, 0) is 0 Å². The van der Waals surface area contributed by atoms with Crippen LogP contribution in [0.25, 0.3) is 11.3 Å². The van der Waals surface area contributed by atoms with Gasteiger partial charge in [0.25, 0.3) is 5.69 Å². The number of carbonyl (C=O) groups excluding carboxylic acids is 1. The van der Waals surface area contributed by atoms with Crippen LogP contribution in [-0.2, 0) is 9.53 Å². The lowest BCUT2D eigenvalue weighted by molar-refractivity contribution is -0.384. The van der Waals surface area contributed by atoms with Crippen LogP contribution < -0.4 is 20.9 Å². The van der Waals surface area contributed by atoms with Crippen LogP contribution in [-0.4, -0.2) is 41.7 Å². The van der Waals surface area contributed by atoms with Crippen molar-refractivity contribution in [1.29, 1.82) is 5.26 Å². The van der Waals surface area contributed by atoms with E-state index in [0.29, 0.717) is 0 Å². The largest absolute Gasteiger partial charge is 0.493 e. The number of hydrogen-bond acceptors (Lipinski definition) is 11. The third-order valence-electron chi connectivity index (χ3n) is 3.37. The normalized spacial score (nSPS) is 9.96. The van der Waals surface area contributed by atoms with Crippen molar-refractivity contribution < 1.29 is 23.9 Å². The van der Waals surface area contributed by atoms with Crippen LogP contribution in [0, 0.1) is 21.4 Å². The number of nitro groups is 1. The van der Waals surface area contributed by atoms with Crippen molar-refractivity contribution in [3.8, 4) is 28.8 Å². The van der Waals surface area contributed by atoms with E-state index in [1.54, 1.807) is 6.07 Å². The number of anilines is 2. The van der Waals surface area contributed by atoms with E-state index in [0.717, 1.165) is 6.07 Å². The maximum atomic E-state index is 11.5. The van der Waals surface area contributed by atoms with E-state index in [-0.39, 0.29) is 40.1 Å². The number of nitro benzene ring substituents is 1. The van der Waals surface area contributed by atoms with Gasteiger partial charge in [0.15, 0.2) is 18.1 Å². The van der Waals surface area contributed by atoms with E-state index in [2.05, 4.69) is 14.7 Å². The monoisotopic (exact) mass is 374 g/mol. The summed E-state index contributed by atoms with van der Waals surface area (Å²) in [4.78, 5) is 29.6. The van der Waals surface area contributed by atoms with Crippen molar-refractivity contribution >= 4 is 23.4 Å². The molecule has 1 aromatic carbocycles. The fourth-order valence-electron chi connectivity index (χ4n) is 2.16. The molecule has 0 unspecified atom stereocenters. The molecule has 1 heterocycles. The Bertz CT molecular complexity index is 955. The van der Waals surface area contributed by atoms with Gasteiger partial charge >= 0.3 is 5.97 Å². The van der Waals surface area contributed by atoms with Crippen molar-refractivity contribution in [2.45, 2.75) is 0 Å². The highest BCUT2D eigenvalue weighted by Crippen LogP contribution is 2.41. The summed E-state index contributed by atoms with van der Waals surface area (Å²) in [6.07, 6.45) is 0. The van der Waals surface area contributed by atoms with Crippen molar-refractivity contribution in [3.63, 3.8) is 0 Å². The Hall–Kier alpha value is -4.14. The standard InChI is InChI=1S/C15H14N6O6/c1-25-10-3-7(13-8(5-16)14(17)20-15(18)19-13)9(21(23)24)4-11(10)27-6-12(22)26-2/h3-4H,6H2,1-2H3,(H4,17,18,19,20). The first-order valence-electron chi connectivity index (χ1n) is 7.21. The van der Waals surface area contributed by atoms with Crippen LogP contribution in [0.2, 0.25) is 0 Å². The minimum Gasteiger partial charge on any atom is -0.493 e. The van der Waals surface area contributed by atoms with Gasteiger partial charge in [0, 0.05) is 6.07 Å². The van der Waals surface area contributed by atoms with Gasteiger partial charge < -0.3 is 25.7 Å². The maximum Gasteiger partial charge on any atom is 0.343 e. The number of hydrogen-bond donors (Lipinski definition) is 2. The number of methoxy groups -OCH3 is 2. The molecular weight excluding hydrogens is 360 g/mol. The van der Waals surface area contributed by atoms with Gasteiger partial charge in [0.1, 0.15) is 23.1 Å². The molecule has 1 aromatic heterocycles. The number of carbonyl (C=O) groups is 1. The van der Waals surface area contributed by atoms with Crippen molar-refractivity contribution in [3.05, 3.63) is 27.8 Å². The molecule has 0 radical (unpaired) electrons. The lowest BCUT2D eigenvalue weighted by atomic mass is 10.0. The number of nitriles is 1. The van der Waals surface area contributed by atoms with Gasteiger partial charge in [-0.15, -0.1) is 0 Å². The molecule has 140 valence electrons. The number of aromatic nitrogens is 2. The summed E-state index contributed by atoms with van der Waals surface area (Å²) in [5.74, 6) is -1.20. The highest BCUT2D eigenvalue weighted by Gasteiger charge is 2.26. The number of benzene rings is 1. The average molecular weight is 374 g/mol. The molecule has 0 amide bonds. The Labute approximate surface area is 152 Å². The fourth-order valence-corrected chi connectivity index (χ4v) is 2.16. The summed E-state index contributed by atoms with van der Waals surface area (Å²) in [5, 5.41) is 20.8. The van der Waals surface area contributed by atoms with Crippen LogP contribution in [0.4, 0.5) is 17.5 Å². The molecule has 0 bridgehead atoms. The molecule has 0 aliphatic carbocycles. The van der Waals surface area contributed by atoms with Gasteiger partial charge in [-0.3, -0.25) is 10.1 Å². The number of rotatable bonds is 6. The molecule has 0 atom stereocenters. The second-order valence-corrected chi connectivity index (χ2v) is 4.94. The zero-order chi connectivity index (χ0) is 20.1. The molecule has 27 heavy (non-hydrogen) atoms. The summed E-state index contributed by atoms with van der Waals surface area (Å²) < 4.78 is 14.8. The van der Waals surface area contributed by atoms with Gasteiger partial charge in [0.05, 0.1) is 30.8 Å². The lowest BCUT2D eigenvalue weighted by Gasteiger charge is -2.13. The average Bonchev–Trinajstić information content (AvgIpc) is 2.64. The van der Waals surface area contributed by atoms with E-state index in [1.807, 2.05) is 0 Å². The van der Waals surface area contributed by atoms with Gasteiger partial charge in [-0.1, -0.05) is 0 Å². The number of nitrogen functional groups attached to an aromatic ring is 2. The van der Waals surface area contributed by atoms with E-state index >= 15 is 0 Å². The lowest BCUT2D eigenvalue weighted by Crippen LogP contribution is -2.13. The molecule has 4 N–H and O–H groups in total. The van der Waals surface area contributed by atoms with Crippen LogP contribution in [0.15, 0.2) is 12.1 Å². The summed E-state index contributed by atoms with van der Waals surface area (Å²) in [5.41, 5.74) is 10.3. The van der Waals surface area contributed by atoms with Crippen molar-refractivity contribution in [1.82, 2.24) is 9.97 Å². The van der Waals surface area contributed by atoms with Crippen LogP contribution in [0.5, 0.6) is 11.5 Å². The SMILES string of the molecule is COC(=O)COc1cc([N+](=O)[O-])c(-c2nc(N)nc(N)c2C#N)cc1OC. The summed E-state index contributed by atoms with van der Waals surface area (Å²) in [6.45, 7) is -0.486. The molecule has 0 saturated heterocycles. The molecule has 0 aliphatic heterocycles. The topological polar surface area (TPSA) is 190 Å². The Kier molecular flexibility index (Phi) is 5.56. The van der Waals surface area contributed by atoms with Gasteiger partial charge in [-0.2, -0.15) is 10.2 Å². The molecular formula is C15H14N6O6. The Morgan fingerprint density at radius 3 is 2.56 bits per heavy atom. The maximum absolute atomic E-state index is 11.5. The van der Waals surface area contributed by atoms with E-state index in [9.17, 15) is 20.2 Å². The molecule has 0 fully saturated rings. The first-order chi connectivity index (χ1) is 12.8. The highest BCUT2D eigenvalue weighted by molar-refractivity contribution is 5.81. The zero-order valence-corrected chi connectivity index (χ0v) is 14.3. The number of nitrogens with zero attached hydrogens (tertiary/aromatic N) is 4. The van der Waals surface area contributed by atoms with E-state index in [1.165, 1.54) is 20.3 Å². The number of nitrogens with two attached hydrogens (primary N) is 2. The molecule has 2 rings (SSSR count). The molecule has 12 heteroatoms. The summed E-state index contributed by atoms with van der Waals surface area (Å²) in [7, 11) is 2.46. The zero-order valence-electron chi connectivity index (χ0n) is 14.3. The van der Waals surface area contributed by atoms with Gasteiger partial charge in [-0.25, -0.2) is 9.78 Å². The van der Waals surface area contributed by atoms with Crippen molar-refractivity contribution in [2.24, 2.45) is 0 Å². The molecule has 2 aromatic rings. The molecule has 0 spiro atoms. The third kappa shape index (κ3) is 3.93. The second kappa shape index (κ2) is 7.83. The minimum absolute atomic E-state index is 0.0548. The number of esters is 1. The Morgan fingerprint density at radius 2 is 2.00 bits per heavy atom. The Morgan fingerprint density at radius 1 is 1.30 bits per heavy atom. The second-order valence-electron chi connectivity index (χ2n) is 4.94. The third-order valence-corrected chi connectivity index (χ3v) is 3.37. The highest BCUT2D eigenvalue weighted by atomic mass is 16.6. The Balaban J connectivity index is 2.70. The predicted octanol–water partition coefficient (Wildman–Crippen LogP) is 0.648. The van der Waals surface area contributed by atoms with Crippen LogP contribution >= 0.6 is 0 Å². The van der Waals surface area contributed by atoms with Crippen LogP contribution in [0.1, 0.15) is 5.56 Å².